The van der Waals surface area contributed by atoms with Crippen molar-refractivity contribution in [2.75, 3.05) is 19.7 Å². The van der Waals surface area contributed by atoms with Crippen molar-refractivity contribution in [2.45, 2.75) is 19.8 Å². The van der Waals surface area contributed by atoms with Crippen LogP contribution in [0.25, 0.3) is 11.4 Å². The molecule has 0 unspecified atom stereocenters. The molecule has 1 aromatic carbocycles. The van der Waals surface area contributed by atoms with Gasteiger partial charge >= 0.3 is 0 Å². The number of carbonyl (C=O) groups is 1. The molecular weight excluding hydrogens is 342 g/mol. The summed E-state index contributed by atoms with van der Waals surface area (Å²) in [5.41, 5.74) is 3.40. The summed E-state index contributed by atoms with van der Waals surface area (Å²) in [5, 5.41) is 6.61. The molecule has 1 amide bonds. The minimum Gasteiger partial charge on any atom is -0.478 e. The van der Waals surface area contributed by atoms with Gasteiger partial charge in [-0.15, -0.1) is 0 Å². The van der Waals surface area contributed by atoms with E-state index in [9.17, 15) is 4.79 Å². The highest BCUT2D eigenvalue weighted by Gasteiger charge is 2.25. The van der Waals surface area contributed by atoms with Gasteiger partial charge in [-0.1, -0.05) is 30.3 Å². The van der Waals surface area contributed by atoms with Crippen LogP contribution in [-0.4, -0.2) is 50.7 Å². The normalized spacial score (nSPS) is 13.7. The molecule has 0 saturated heterocycles. The molecule has 3 heterocycles. The molecule has 0 bridgehead atoms. The number of nitrogens with zero attached hydrogens (tertiary/aromatic N) is 4. The lowest BCUT2D eigenvalue weighted by atomic mass is 10.1. The number of H-pyrrole nitrogens is 1. The maximum atomic E-state index is 12.7. The molecule has 0 atom stereocenters. The SMILES string of the molecule is CCOc1nc(-c2ccccc2)nc2c1CCN(C(=O)c1ccn[nH]1)CC2. The molecule has 0 fully saturated rings. The van der Waals surface area contributed by atoms with Crippen molar-refractivity contribution in [2.24, 2.45) is 0 Å². The smallest absolute Gasteiger partial charge is 0.271 e. The van der Waals surface area contributed by atoms with E-state index in [1.54, 1.807) is 12.3 Å². The molecule has 138 valence electrons. The van der Waals surface area contributed by atoms with Crippen LogP contribution in [0, 0.1) is 0 Å². The molecule has 1 N–H and O–H groups in total. The first kappa shape index (κ1) is 17.2. The highest BCUT2D eigenvalue weighted by Crippen LogP contribution is 2.27. The fraction of sp³-hybridized carbons (Fsp3) is 0.300. The lowest BCUT2D eigenvalue weighted by molar-refractivity contribution is 0.0757. The zero-order chi connectivity index (χ0) is 18.6. The summed E-state index contributed by atoms with van der Waals surface area (Å²) >= 11 is 0. The molecule has 0 saturated carbocycles. The third-order valence-electron chi connectivity index (χ3n) is 4.64. The number of fused-ring (bicyclic) bond motifs is 1. The molecule has 1 aliphatic heterocycles. The fourth-order valence-electron chi connectivity index (χ4n) is 3.29. The van der Waals surface area contributed by atoms with Gasteiger partial charge in [0.1, 0.15) is 5.69 Å². The maximum absolute atomic E-state index is 12.7. The van der Waals surface area contributed by atoms with Crippen molar-refractivity contribution < 1.29 is 9.53 Å². The number of rotatable bonds is 4. The van der Waals surface area contributed by atoms with E-state index in [0.717, 1.165) is 16.8 Å². The Morgan fingerprint density at radius 2 is 1.96 bits per heavy atom. The highest BCUT2D eigenvalue weighted by atomic mass is 16.5. The van der Waals surface area contributed by atoms with E-state index in [2.05, 4.69) is 15.2 Å². The van der Waals surface area contributed by atoms with Crippen LogP contribution in [0.5, 0.6) is 5.88 Å². The lowest BCUT2D eigenvalue weighted by Crippen LogP contribution is -2.33. The minimum atomic E-state index is -0.0468. The van der Waals surface area contributed by atoms with Gasteiger partial charge < -0.3 is 9.64 Å². The van der Waals surface area contributed by atoms with Crippen LogP contribution >= 0.6 is 0 Å². The molecular formula is C20H21N5O2. The van der Waals surface area contributed by atoms with Crippen LogP contribution in [0.15, 0.2) is 42.6 Å². The zero-order valence-electron chi connectivity index (χ0n) is 15.2. The topological polar surface area (TPSA) is 84.0 Å². The lowest BCUT2D eigenvalue weighted by Gasteiger charge is -2.18. The summed E-state index contributed by atoms with van der Waals surface area (Å²) in [4.78, 5) is 23.9. The van der Waals surface area contributed by atoms with E-state index in [-0.39, 0.29) is 5.91 Å². The second-order valence-electron chi connectivity index (χ2n) is 6.34. The molecule has 3 aromatic rings. The standard InChI is InChI=1S/C20H21N5O2/c1-2-27-19-15-9-12-25(20(26)17-8-11-21-24-17)13-10-16(15)22-18(23-19)14-6-4-3-5-7-14/h3-8,11H,2,9-10,12-13H2,1H3,(H,21,24). The van der Waals surface area contributed by atoms with Crippen molar-refractivity contribution in [1.29, 1.82) is 0 Å². The molecule has 7 nitrogen and oxygen atoms in total. The Morgan fingerprint density at radius 1 is 1.15 bits per heavy atom. The van der Waals surface area contributed by atoms with Crippen molar-refractivity contribution >= 4 is 5.91 Å². The van der Waals surface area contributed by atoms with Gasteiger partial charge in [0, 0.05) is 36.8 Å². The van der Waals surface area contributed by atoms with Gasteiger partial charge in [-0.2, -0.15) is 10.1 Å². The fourth-order valence-corrected chi connectivity index (χ4v) is 3.29. The minimum absolute atomic E-state index is 0.0468. The quantitative estimate of drug-likeness (QED) is 0.770. The van der Waals surface area contributed by atoms with Gasteiger partial charge in [-0.05, 0) is 19.4 Å². The van der Waals surface area contributed by atoms with Crippen LogP contribution in [0.2, 0.25) is 0 Å². The van der Waals surface area contributed by atoms with Gasteiger partial charge in [0.05, 0.1) is 12.3 Å². The largest absolute Gasteiger partial charge is 0.478 e. The predicted octanol–water partition coefficient (Wildman–Crippen LogP) is 2.51. The molecule has 1 aliphatic rings. The van der Waals surface area contributed by atoms with E-state index < -0.39 is 0 Å². The second-order valence-corrected chi connectivity index (χ2v) is 6.34. The summed E-state index contributed by atoms with van der Waals surface area (Å²) < 4.78 is 5.82. The molecule has 27 heavy (non-hydrogen) atoms. The van der Waals surface area contributed by atoms with Crippen LogP contribution in [-0.2, 0) is 12.8 Å². The number of hydrogen-bond donors (Lipinski definition) is 1. The van der Waals surface area contributed by atoms with E-state index in [0.29, 0.717) is 49.9 Å². The first-order chi connectivity index (χ1) is 13.3. The first-order valence-corrected chi connectivity index (χ1v) is 9.13. The number of amides is 1. The Morgan fingerprint density at radius 3 is 2.70 bits per heavy atom. The van der Waals surface area contributed by atoms with Crippen molar-refractivity contribution in [1.82, 2.24) is 25.1 Å². The number of hydrogen-bond acceptors (Lipinski definition) is 5. The van der Waals surface area contributed by atoms with Crippen LogP contribution in [0.1, 0.15) is 28.7 Å². The van der Waals surface area contributed by atoms with E-state index in [1.165, 1.54) is 0 Å². The van der Waals surface area contributed by atoms with E-state index in [1.807, 2.05) is 42.2 Å². The number of carbonyl (C=O) groups excluding carboxylic acids is 1. The molecule has 7 heteroatoms. The number of benzene rings is 1. The summed E-state index contributed by atoms with van der Waals surface area (Å²) in [5.74, 6) is 1.23. The summed E-state index contributed by atoms with van der Waals surface area (Å²) in [7, 11) is 0. The van der Waals surface area contributed by atoms with Gasteiger partial charge in [0.15, 0.2) is 5.82 Å². The van der Waals surface area contributed by atoms with Crippen molar-refractivity contribution in [3.8, 4) is 17.3 Å². The Hall–Kier alpha value is -3.22. The van der Waals surface area contributed by atoms with Gasteiger partial charge in [-0.25, -0.2) is 4.98 Å². The summed E-state index contributed by atoms with van der Waals surface area (Å²) in [6.45, 7) is 3.68. The Balaban J connectivity index is 1.65. The third kappa shape index (κ3) is 3.53. The maximum Gasteiger partial charge on any atom is 0.271 e. The first-order valence-electron chi connectivity index (χ1n) is 9.13. The molecule has 0 radical (unpaired) electrons. The number of ether oxygens (including phenoxy) is 1. The monoisotopic (exact) mass is 363 g/mol. The van der Waals surface area contributed by atoms with Crippen LogP contribution in [0.4, 0.5) is 0 Å². The van der Waals surface area contributed by atoms with Crippen LogP contribution < -0.4 is 4.74 Å². The molecule has 0 aliphatic carbocycles. The molecule has 2 aromatic heterocycles. The third-order valence-corrected chi connectivity index (χ3v) is 4.64. The van der Waals surface area contributed by atoms with E-state index in [4.69, 9.17) is 9.72 Å². The Bertz CT molecular complexity index is 925. The number of aromatic amines is 1. The molecule has 4 rings (SSSR count). The van der Waals surface area contributed by atoms with Gasteiger partial charge in [0.2, 0.25) is 5.88 Å². The van der Waals surface area contributed by atoms with Crippen LogP contribution in [0.3, 0.4) is 0 Å². The Labute approximate surface area is 157 Å². The highest BCUT2D eigenvalue weighted by molar-refractivity contribution is 5.92. The zero-order valence-corrected chi connectivity index (χ0v) is 15.2. The Kier molecular flexibility index (Phi) is 4.82. The summed E-state index contributed by atoms with van der Waals surface area (Å²) in [6.07, 6.45) is 2.92. The van der Waals surface area contributed by atoms with Gasteiger partial charge in [-0.3, -0.25) is 9.89 Å². The van der Waals surface area contributed by atoms with Crippen molar-refractivity contribution in [3.63, 3.8) is 0 Å². The second kappa shape index (κ2) is 7.57. The average molecular weight is 363 g/mol. The predicted molar refractivity (Wildman–Crippen MR) is 101 cm³/mol. The van der Waals surface area contributed by atoms with E-state index >= 15 is 0 Å². The van der Waals surface area contributed by atoms with Crippen molar-refractivity contribution in [3.05, 3.63) is 59.5 Å². The molecule has 0 spiro atoms. The van der Waals surface area contributed by atoms with Gasteiger partial charge in [0.25, 0.3) is 5.91 Å². The number of aromatic nitrogens is 4. The average Bonchev–Trinajstić information content (AvgIpc) is 3.15. The number of nitrogens with one attached hydrogen (secondary N) is 1. The summed E-state index contributed by atoms with van der Waals surface area (Å²) in [6, 6.07) is 11.6.